The summed E-state index contributed by atoms with van der Waals surface area (Å²) in [7, 11) is 2.41. The fraction of sp³-hybridized carbons (Fsp3) is 0.0833. The normalized spacial score (nSPS) is 10.4. The first-order valence-electron chi connectivity index (χ1n) is 9.57. The summed E-state index contributed by atoms with van der Waals surface area (Å²) >= 11 is 0. The molecule has 0 saturated heterocycles. The van der Waals surface area contributed by atoms with Crippen molar-refractivity contribution in [3.8, 4) is 34.5 Å². The molecule has 3 aromatic rings. The highest BCUT2D eigenvalue weighted by Crippen LogP contribution is 2.33. The number of ether oxygens (including phenoxy) is 2. The molecule has 34 heavy (non-hydrogen) atoms. The van der Waals surface area contributed by atoms with Gasteiger partial charge < -0.3 is 29.9 Å². The third-order valence-electron chi connectivity index (χ3n) is 4.88. The Kier molecular flexibility index (Phi) is 6.53. The van der Waals surface area contributed by atoms with E-state index in [-0.39, 0.29) is 23.0 Å². The van der Waals surface area contributed by atoms with Crippen LogP contribution in [0.25, 0.3) is 0 Å². The Morgan fingerprint density at radius 1 is 0.529 bits per heavy atom. The second kappa shape index (κ2) is 9.33. The van der Waals surface area contributed by atoms with Crippen LogP contribution >= 0.6 is 0 Å². The number of Topliss-reactive ketones (excluding diaryl/α,β-unsaturated/α-hetero) is 4. The van der Waals surface area contributed by atoms with Gasteiger partial charge in [-0.15, -0.1) is 0 Å². The molecule has 0 aliphatic heterocycles. The van der Waals surface area contributed by atoms with Gasteiger partial charge in [0.15, 0.2) is 0 Å². The highest BCUT2D eigenvalue weighted by Gasteiger charge is 2.30. The quantitative estimate of drug-likeness (QED) is 0.286. The number of hydrogen-bond acceptors (Lipinski definition) is 10. The van der Waals surface area contributed by atoms with E-state index in [1.54, 1.807) is 0 Å². The minimum Gasteiger partial charge on any atom is -0.508 e. The first-order valence-corrected chi connectivity index (χ1v) is 9.57. The molecular weight excluding hydrogens is 448 g/mol. The number of ketones is 4. The molecule has 0 heterocycles. The van der Waals surface area contributed by atoms with Crippen molar-refractivity contribution in [3.63, 3.8) is 0 Å². The van der Waals surface area contributed by atoms with Crippen molar-refractivity contribution in [2.45, 2.75) is 0 Å². The molecule has 0 saturated carbocycles. The van der Waals surface area contributed by atoms with Gasteiger partial charge in [0.1, 0.15) is 34.5 Å². The zero-order valence-corrected chi connectivity index (χ0v) is 17.9. The van der Waals surface area contributed by atoms with Gasteiger partial charge in [0, 0.05) is 18.2 Å². The molecule has 3 rings (SSSR count). The van der Waals surface area contributed by atoms with E-state index in [9.17, 15) is 39.6 Å². The van der Waals surface area contributed by atoms with Crippen molar-refractivity contribution < 1.29 is 49.1 Å². The molecule has 3 aromatic carbocycles. The third-order valence-corrected chi connectivity index (χ3v) is 4.88. The maximum atomic E-state index is 13.0. The van der Waals surface area contributed by atoms with Gasteiger partial charge >= 0.3 is 0 Å². The van der Waals surface area contributed by atoms with Crippen molar-refractivity contribution in [2.24, 2.45) is 0 Å². The van der Waals surface area contributed by atoms with Crippen LogP contribution in [0, 0.1) is 0 Å². The predicted octanol–water partition coefficient (Wildman–Crippen LogP) is 2.66. The van der Waals surface area contributed by atoms with Crippen molar-refractivity contribution in [1.82, 2.24) is 0 Å². The highest BCUT2D eigenvalue weighted by atomic mass is 16.5. The van der Waals surface area contributed by atoms with E-state index < -0.39 is 56.9 Å². The van der Waals surface area contributed by atoms with E-state index in [0.717, 1.165) is 48.5 Å². The van der Waals surface area contributed by atoms with E-state index >= 15 is 0 Å². The van der Waals surface area contributed by atoms with Crippen LogP contribution < -0.4 is 9.47 Å². The van der Waals surface area contributed by atoms with Crippen LogP contribution in [0.5, 0.6) is 34.5 Å². The van der Waals surface area contributed by atoms with E-state index in [0.29, 0.717) is 0 Å². The molecule has 0 aromatic heterocycles. The SMILES string of the molecule is COc1cc(OC)c(C(=O)C(=O)c2ccc(O)cc2O)cc1C(=O)C(=O)c1ccc(O)cc1O. The number of phenolic OH excluding ortho intramolecular Hbond substituents is 4. The van der Waals surface area contributed by atoms with Crippen LogP contribution in [0.2, 0.25) is 0 Å². The fourth-order valence-corrected chi connectivity index (χ4v) is 3.17. The molecule has 0 unspecified atom stereocenters. The third kappa shape index (κ3) is 4.37. The molecule has 0 aliphatic carbocycles. The van der Waals surface area contributed by atoms with Gasteiger partial charge in [-0.25, -0.2) is 0 Å². The van der Waals surface area contributed by atoms with Crippen molar-refractivity contribution in [3.05, 3.63) is 70.8 Å². The van der Waals surface area contributed by atoms with Crippen LogP contribution in [0.15, 0.2) is 48.5 Å². The molecule has 174 valence electrons. The van der Waals surface area contributed by atoms with Crippen molar-refractivity contribution >= 4 is 23.1 Å². The molecule has 0 fully saturated rings. The Hall–Kier alpha value is -4.86. The predicted molar refractivity (Wildman–Crippen MR) is 116 cm³/mol. The molecule has 4 N–H and O–H groups in total. The van der Waals surface area contributed by atoms with Gasteiger partial charge in [-0.3, -0.25) is 19.2 Å². The average molecular weight is 466 g/mol. The minimum atomic E-state index is -1.17. The minimum absolute atomic E-state index is 0.148. The fourth-order valence-electron chi connectivity index (χ4n) is 3.17. The second-order valence-corrected chi connectivity index (χ2v) is 6.97. The summed E-state index contributed by atoms with van der Waals surface area (Å²) in [5.74, 6) is -6.90. The maximum Gasteiger partial charge on any atom is 0.237 e. The summed E-state index contributed by atoms with van der Waals surface area (Å²) in [5, 5.41) is 38.7. The van der Waals surface area contributed by atoms with E-state index in [2.05, 4.69) is 0 Å². The number of rotatable bonds is 8. The van der Waals surface area contributed by atoms with E-state index in [1.807, 2.05) is 0 Å². The summed E-state index contributed by atoms with van der Waals surface area (Å²) in [4.78, 5) is 51.4. The lowest BCUT2D eigenvalue weighted by atomic mass is 9.94. The first kappa shape index (κ1) is 23.8. The van der Waals surface area contributed by atoms with Crippen LogP contribution in [0.3, 0.4) is 0 Å². The first-order chi connectivity index (χ1) is 16.1. The maximum absolute atomic E-state index is 13.0. The van der Waals surface area contributed by atoms with Crippen LogP contribution in [-0.2, 0) is 0 Å². The lowest BCUT2D eigenvalue weighted by molar-refractivity contribution is 0.0808. The van der Waals surface area contributed by atoms with Crippen LogP contribution in [0.4, 0.5) is 0 Å². The number of phenols is 4. The highest BCUT2D eigenvalue weighted by molar-refractivity contribution is 6.52. The molecule has 0 amide bonds. The molecule has 10 nitrogen and oxygen atoms in total. The Morgan fingerprint density at radius 2 is 0.882 bits per heavy atom. The van der Waals surface area contributed by atoms with Crippen LogP contribution in [0.1, 0.15) is 41.4 Å². The van der Waals surface area contributed by atoms with E-state index in [4.69, 9.17) is 9.47 Å². The number of hydrogen-bond donors (Lipinski definition) is 4. The number of carbonyl (C=O) groups excluding carboxylic acids is 4. The standard InChI is InChI=1S/C24H18O10/c1-33-19-10-20(34-2)16(24(32)22(30)14-6-4-12(26)8-18(14)28)9-15(19)23(31)21(29)13-5-3-11(25)7-17(13)27/h3-10,25-28H,1-2H3. The molecule has 0 aliphatic rings. The van der Waals surface area contributed by atoms with Gasteiger partial charge in [0.25, 0.3) is 0 Å². The largest absolute Gasteiger partial charge is 0.508 e. The second-order valence-electron chi connectivity index (χ2n) is 6.97. The Labute approximate surface area is 192 Å². The zero-order chi connectivity index (χ0) is 25.2. The smallest absolute Gasteiger partial charge is 0.237 e. The Bertz CT molecular complexity index is 1240. The topological polar surface area (TPSA) is 168 Å². The molecule has 0 bridgehead atoms. The number of methoxy groups -OCH3 is 2. The lowest BCUT2D eigenvalue weighted by Gasteiger charge is -2.14. The van der Waals surface area contributed by atoms with Gasteiger partial charge in [-0.2, -0.15) is 0 Å². The molecular formula is C24H18O10. The summed E-state index contributed by atoms with van der Waals surface area (Å²) in [6, 6.07) is 8.12. The van der Waals surface area contributed by atoms with E-state index in [1.165, 1.54) is 14.2 Å². The van der Waals surface area contributed by atoms with Crippen molar-refractivity contribution in [1.29, 1.82) is 0 Å². The zero-order valence-electron chi connectivity index (χ0n) is 17.9. The summed E-state index contributed by atoms with van der Waals surface area (Å²) in [6.45, 7) is 0. The van der Waals surface area contributed by atoms with Gasteiger partial charge in [0.2, 0.25) is 23.1 Å². The summed E-state index contributed by atoms with van der Waals surface area (Å²) in [5.41, 5.74) is -1.60. The number of benzene rings is 3. The van der Waals surface area contributed by atoms with Crippen molar-refractivity contribution in [2.75, 3.05) is 14.2 Å². The molecule has 0 spiro atoms. The van der Waals surface area contributed by atoms with Crippen LogP contribution in [-0.4, -0.2) is 57.8 Å². The number of carbonyl (C=O) groups is 4. The monoisotopic (exact) mass is 466 g/mol. The molecule has 0 radical (unpaired) electrons. The molecule has 10 heteroatoms. The van der Waals surface area contributed by atoms with Gasteiger partial charge in [-0.1, -0.05) is 0 Å². The van der Waals surface area contributed by atoms with Gasteiger partial charge in [0.05, 0.1) is 36.5 Å². The number of aromatic hydroxyl groups is 4. The Morgan fingerprint density at radius 3 is 1.21 bits per heavy atom. The summed E-state index contributed by atoms with van der Waals surface area (Å²) in [6.07, 6.45) is 0. The lowest BCUT2D eigenvalue weighted by Crippen LogP contribution is -2.19. The summed E-state index contributed by atoms with van der Waals surface area (Å²) < 4.78 is 10.3. The Balaban J connectivity index is 2.09. The van der Waals surface area contributed by atoms with Gasteiger partial charge in [-0.05, 0) is 30.3 Å². The average Bonchev–Trinajstić information content (AvgIpc) is 2.81. The molecule has 0 atom stereocenters.